The summed E-state index contributed by atoms with van der Waals surface area (Å²) in [6, 6.07) is 1.94. The van der Waals surface area contributed by atoms with Gasteiger partial charge in [0.1, 0.15) is 23.3 Å². The predicted molar refractivity (Wildman–Crippen MR) is 72.2 cm³/mol. The molecule has 0 aromatic carbocycles. The fourth-order valence-electron chi connectivity index (χ4n) is 1.77. The van der Waals surface area contributed by atoms with Gasteiger partial charge in [-0.3, -0.25) is 4.57 Å². The molecule has 2 heterocycles. The summed E-state index contributed by atoms with van der Waals surface area (Å²) < 4.78 is 2.01. The molecule has 0 spiro atoms. The number of nitrogens with zero attached hydrogens (tertiary/aromatic N) is 4. The van der Waals surface area contributed by atoms with E-state index in [1.165, 1.54) is 0 Å². The number of imidazole rings is 1. The standard InChI is InChI=1S/C13H19N5/c1-5-11-15-6-7-18(11)12-8-10(14-4)16-13(17-12)9(2)3/h6-9H,5H2,1-4H3,(H,14,16,17). The Bertz CT molecular complexity index is 530. The maximum atomic E-state index is 4.60. The zero-order chi connectivity index (χ0) is 13.1. The molecule has 5 nitrogen and oxygen atoms in total. The molecule has 0 unspecified atom stereocenters. The van der Waals surface area contributed by atoms with Gasteiger partial charge in [-0.25, -0.2) is 15.0 Å². The summed E-state index contributed by atoms with van der Waals surface area (Å²) in [4.78, 5) is 13.4. The van der Waals surface area contributed by atoms with Crippen LogP contribution in [0, 0.1) is 0 Å². The molecule has 2 aromatic rings. The van der Waals surface area contributed by atoms with Crippen LogP contribution >= 0.6 is 0 Å². The Labute approximate surface area is 107 Å². The molecule has 0 bridgehead atoms. The largest absolute Gasteiger partial charge is 0.373 e. The first-order valence-electron chi connectivity index (χ1n) is 6.25. The third kappa shape index (κ3) is 2.34. The van der Waals surface area contributed by atoms with Gasteiger partial charge in [0.15, 0.2) is 0 Å². The van der Waals surface area contributed by atoms with E-state index >= 15 is 0 Å². The number of aromatic nitrogens is 4. The molecule has 0 radical (unpaired) electrons. The lowest BCUT2D eigenvalue weighted by atomic mass is 10.2. The Kier molecular flexibility index (Phi) is 3.60. The van der Waals surface area contributed by atoms with Gasteiger partial charge in [-0.2, -0.15) is 0 Å². The molecule has 0 aliphatic rings. The Morgan fingerprint density at radius 2 is 2.11 bits per heavy atom. The van der Waals surface area contributed by atoms with E-state index in [0.29, 0.717) is 5.92 Å². The average molecular weight is 245 g/mol. The van der Waals surface area contributed by atoms with Crippen LogP contribution in [0.2, 0.25) is 0 Å². The first-order valence-corrected chi connectivity index (χ1v) is 6.25. The summed E-state index contributed by atoms with van der Waals surface area (Å²) in [5.74, 6) is 3.84. The van der Waals surface area contributed by atoms with Crippen LogP contribution in [0.25, 0.3) is 5.82 Å². The van der Waals surface area contributed by atoms with E-state index < -0.39 is 0 Å². The molecule has 0 saturated carbocycles. The lowest BCUT2D eigenvalue weighted by molar-refractivity contribution is 0.756. The minimum Gasteiger partial charge on any atom is -0.373 e. The predicted octanol–water partition coefficient (Wildman–Crippen LogP) is 2.39. The van der Waals surface area contributed by atoms with Gasteiger partial charge in [-0.05, 0) is 0 Å². The van der Waals surface area contributed by atoms with Gasteiger partial charge in [-0.1, -0.05) is 20.8 Å². The molecule has 0 saturated heterocycles. The number of hydrogen-bond donors (Lipinski definition) is 1. The van der Waals surface area contributed by atoms with Gasteiger partial charge in [0.05, 0.1) is 0 Å². The molecule has 96 valence electrons. The molecular formula is C13H19N5. The highest BCUT2D eigenvalue weighted by Gasteiger charge is 2.10. The van der Waals surface area contributed by atoms with Crippen molar-refractivity contribution < 1.29 is 0 Å². The zero-order valence-corrected chi connectivity index (χ0v) is 11.3. The Balaban J connectivity index is 2.53. The van der Waals surface area contributed by atoms with Crippen LogP contribution in [-0.2, 0) is 6.42 Å². The van der Waals surface area contributed by atoms with Crippen molar-refractivity contribution in [1.82, 2.24) is 19.5 Å². The van der Waals surface area contributed by atoms with Gasteiger partial charge in [0.25, 0.3) is 0 Å². The first kappa shape index (κ1) is 12.5. The van der Waals surface area contributed by atoms with Crippen molar-refractivity contribution in [2.24, 2.45) is 0 Å². The Morgan fingerprint density at radius 3 is 2.72 bits per heavy atom. The van der Waals surface area contributed by atoms with Crippen molar-refractivity contribution in [2.75, 3.05) is 12.4 Å². The van der Waals surface area contributed by atoms with Crippen molar-refractivity contribution in [3.63, 3.8) is 0 Å². The molecule has 0 atom stereocenters. The fourth-order valence-corrected chi connectivity index (χ4v) is 1.77. The molecule has 2 rings (SSSR count). The second kappa shape index (κ2) is 5.16. The molecule has 1 N–H and O–H groups in total. The molecule has 2 aromatic heterocycles. The average Bonchev–Trinajstić information content (AvgIpc) is 2.86. The van der Waals surface area contributed by atoms with E-state index in [0.717, 1.165) is 29.7 Å². The topological polar surface area (TPSA) is 55.6 Å². The molecule has 0 fully saturated rings. The second-order valence-corrected chi connectivity index (χ2v) is 4.44. The zero-order valence-electron chi connectivity index (χ0n) is 11.3. The number of rotatable bonds is 4. The monoisotopic (exact) mass is 245 g/mol. The number of aryl methyl sites for hydroxylation is 1. The van der Waals surface area contributed by atoms with Crippen molar-refractivity contribution in [3.8, 4) is 5.82 Å². The van der Waals surface area contributed by atoms with E-state index in [1.807, 2.05) is 23.9 Å². The number of anilines is 1. The van der Waals surface area contributed by atoms with Crippen LogP contribution in [0.4, 0.5) is 5.82 Å². The normalized spacial score (nSPS) is 10.9. The molecule has 18 heavy (non-hydrogen) atoms. The lowest BCUT2D eigenvalue weighted by Crippen LogP contribution is -2.08. The number of hydrogen-bond acceptors (Lipinski definition) is 4. The first-order chi connectivity index (χ1) is 8.65. The van der Waals surface area contributed by atoms with E-state index in [9.17, 15) is 0 Å². The van der Waals surface area contributed by atoms with Gasteiger partial charge in [0.2, 0.25) is 0 Å². The lowest BCUT2D eigenvalue weighted by Gasteiger charge is -2.11. The maximum Gasteiger partial charge on any atom is 0.143 e. The molecular weight excluding hydrogens is 226 g/mol. The van der Waals surface area contributed by atoms with Crippen LogP contribution in [0.15, 0.2) is 18.5 Å². The summed E-state index contributed by atoms with van der Waals surface area (Å²) in [6.07, 6.45) is 4.61. The van der Waals surface area contributed by atoms with Crippen molar-refractivity contribution in [3.05, 3.63) is 30.1 Å². The van der Waals surface area contributed by atoms with E-state index in [1.54, 1.807) is 6.20 Å². The second-order valence-electron chi connectivity index (χ2n) is 4.44. The summed E-state index contributed by atoms with van der Waals surface area (Å²) >= 11 is 0. The van der Waals surface area contributed by atoms with Crippen LogP contribution in [0.5, 0.6) is 0 Å². The molecule has 0 amide bonds. The van der Waals surface area contributed by atoms with Crippen LogP contribution in [0.3, 0.4) is 0 Å². The summed E-state index contributed by atoms with van der Waals surface area (Å²) in [5.41, 5.74) is 0. The summed E-state index contributed by atoms with van der Waals surface area (Å²) in [7, 11) is 1.87. The SMILES string of the molecule is CCc1nccn1-c1cc(NC)nc(C(C)C)n1. The molecule has 0 aliphatic heterocycles. The van der Waals surface area contributed by atoms with Crippen molar-refractivity contribution in [2.45, 2.75) is 33.1 Å². The van der Waals surface area contributed by atoms with E-state index in [-0.39, 0.29) is 0 Å². The third-order valence-electron chi connectivity index (χ3n) is 2.78. The smallest absolute Gasteiger partial charge is 0.143 e. The maximum absolute atomic E-state index is 4.60. The highest BCUT2D eigenvalue weighted by molar-refractivity contribution is 5.42. The Morgan fingerprint density at radius 1 is 1.33 bits per heavy atom. The van der Waals surface area contributed by atoms with Crippen molar-refractivity contribution >= 4 is 5.82 Å². The van der Waals surface area contributed by atoms with E-state index in [4.69, 9.17) is 0 Å². The quantitative estimate of drug-likeness (QED) is 0.898. The summed E-state index contributed by atoms with van der Waals surface area (Å²) in [6.45, 7) is 6.27. The van der Waals surface area contributed by atoms with Gasteiger partial charge in [-0.15, -0.1) is 0 Å². The minimum absolute atomic E-state index is 0.297. The molecule has 0 aliphatic carbocycles. The van der Waals surface area contributed by atoms with Crippen molar-refractivity contribution in [1.29, 1.82) is 0 Å². The van der Waals surface area contributed by atoms with Crippen LogP contribution in [-0.4, -0.2) is 26.6 Å². The van der Waals surface area contributed by atoms with Gasteiger partial charge >= 0.3 is 0 Å². The highest BCUT2D eigenvalue weighted by Crippen LogP contribution is 2.17. The van der Waals surface area contributed by atoms with Crippen LogP contribution in [0.1, 0.15) is 38.3 Å². The third-order valence-corrected chi connectivity index (χ3v) is 2.78. The van der Waals surface area contributed by atoms with Gasteiger partial charge < -0.3 is 5.32 Å². The fraction of sp³-hybridized carbons (Fsp3) is 0.462. The minimum atomic E-state index is 0.297. The van der Waals surface area contributed by atoms with E-state index in [2.05, 4.69) is 41.0 Å². The molecule has 5 heteroatoms. The Hall–Kier alpha value is -1.91. The summed E-state index contributed by atoms with van der Waals surface area (Å²) in [5, 5.41) is 3.08. The highest BCUT2D eigenvalue weighted by atomic mass is 15.1. The number of nitrogens with one attached hydrogen (secondary N) is 1. The van der Waals surface area contributed by atoms with Gasteiger partial charge in [0, 0.05) is 37.8 Å². The van der Waals surface area contributed by atoms with Crippen LogP contribution < -0.4 is 5.32 Å².